The van der Waals surface area contributed by atoms with E-state index in [1.807, 2.05) is 24.0 Å². The summed E-state index contributed by atoms with van der Waals surface area (Å²) in [5.41, 5.74) is 2.37. The van der Waals surface area contributed by atoms with Gasteiger partial charge in [-0.15, -0.1) is 0 Å². The molecule has 4 nitrogen and oxygen atoms in total. The van der Waals surface area contributed by atoms with Gasteiger partial charge in [0.1, 0.15) is 0 Å². The number of rotatable bonds is 7. The second kappa shape index (κ2) is 7.41. The number of hydrogen-bond donors (Lipinski definition) is 1. The number of aryl methyl sites for hydroxylation is 2. The van der Waals surface area contributed by atoms with E-state index in [-0.39, 0.29) is 6.04 Å². The molecule has 108 valence electrons. The van der Waals surface area contributed by atoms with Crippen LogP contribution in [0.25, 0.3) is 0 Å². The first-order valence-corrected chi connectivity index (χ1v) is 7.38. The molecular formula is C15H21ClN4. The highest BCUT2D eigenvalue weighted by atomic mass is 35.5. The topological polar surface area (TPSA) is 42.7 Å². The summed E-state index contributed by atoms with van der Waals surface area (Å²) in [6.45, 7) is 3.15. The highest BCUT2D eigenvalue weighted by Crippen LogP contribution is 2.25. The van der Waals surface area contributed by atoms with Crippen molar-refractivity contribution in [3.63, 3.8) is 0 Å². The van der Waals surface area contributed by atoms with Crippen LogP contribution in [0.3, 0.4) is 0 Å². The quantitative estimate of drug-likeness (QED) is 0.852. The van der Waals surface area contributed by atoms with E-state index >= 15 is 0 Å². The lowest BCUT2D eigenvalue weighted by atomic mass is 10.0. The molecule has 1 unspecified atom stereocenters. The summed E-state index contributed by atoms with van der Waals surface area (Å²) in [5.74, 6) is 0. The Bertz CT molecular complexity index is 538. The van der Waals surface area contributed by atoms with Crippen molar-refractivity contribution < 1.29 is 0 Å². The highest BCUT2D eigenvalue weighted by molar-refractivity contribution is 6.31. The van der Waals surface area contributed by atoms with Gasteiger partial charge in [-0.3, -0.25) is 9.67 Å². The third-order valence-electron chi connectivity index (χ3n) is 3.30. The number of hydrogen-bond acceptors (Lipinski definition) is 3. The predicted molar refractivity (Wildman–Crippen MR) is 81.8 cm³/mol. The Morgan fingerprint density at radius 2 is 2.25 bits per heavy atom. The van der Waals surface area contributed by atoms with E-state index in [0.29, 0.717) is 0 Å². The van der Waals surface area contributed by atoms with Gasteiger partial charge in [0.25, 0.3) is 0 Å². The molecule has 0 fully saturated rings. The van der Waals surface area contributed by atoms with Crippen molar-refractivity contribution in [2.24, 2.45) is 7.05 Å². The summed E-state index contributed by atoms with van der Waals surface area (Å²) in [6, 6.07) is 2.25. The van der Waals surface area contributed by atoms with Crippen molar-refractivity contribution in [2.75, 3.05) is 6.54 Å². The van der Waals surface area contributed by atoms with Gasteiger partial charge in [-0.1, -0.05) is 18.5 Å². The summed E-state index contributed by atoms with van der Waals surface area (Å²) in [5, 5.41) is 8.50. The molecule has 0 bridgehead atoms. The Labute approximate surface area is 125 Å². The maximum Gasteiger partial charge on any atom is 0.0637 e. The fraction of sp³-hybridized carbons (Fsp3) is 0.467. The van der Waals surface area contributed by atoms with Gasteiger partial charge in [-0.25, -0.2) is 0 Å². The molecule has 0 spiro atoms. The Balaban J connectivity index is 2.05. The summed E-state index contributed by atoms with van der Waals surface area (Å²) < 4.78 is 1.84. The minimum Gasteiger partial charge on any atom is -0.310 e. The normalized spacial score (nSPS) is 12.6. The Hall–Kier alpha value is -1.39. The monoisotopic (exact) mass is 292 g/mol. The van der Waals surface area contributed by atoms with Crippen molar-refractivity contribution in [1.29, 1.82) is 0 Å². The molecule has 2 rings (SSSR count). The van der Waals surface area contributed by atoms with Gasteiger partial charge < -0.3 is 5.32 Å². The average Bonchev–Trinajstić information content (AvgIpc) is 2.86. The first-order valence-electron chi connectivity index (χ1n) is 7.01. The molecule has 2 heterocycles. The van der Waals surface area contributed by atoms with Crippen LogP contribution < -0.4 is 5.32 Å². The lowest BCUT2D eigenvalue weighted by molar-refractivity contribution is 0.499. The van der Waals surface area contributed by atoms with Crippen LogP contribution in [0.15, 0.2) is 30.9 Å². The van der Waals surface area contributed by atoms with Crippen LogP contribution in [0, 0.1) is 0 Å². The van der Waals surface area contributed by atoms with Gasteiger partial charge >= 0.3 is 0 Å². The maximum atomic E-state index is 6.26. The molecule has 2 aromatic heterocycles. The largest absolute Gasteiger partial charge is 0.310 e. The summed E-state index contributed by atoms with van der Waals surface area (Å²) >= 11 is 6.26. The SMILES string of the molecule is CCCNC(CCc1cnn(C)c1)c1ccncc1Cl. The van der Waals surface area contributed by atoms with E-state index < -0.39 is 0 Å². The Morgan fingerprint density at radius 1 is 1.40 bits per heavy atom. The lowest BCUT2D eigenvalue weighted by Gasteiger charge is -2.19. The Morgan fingerprint density at radius 3 is 2.90 bits per heavy atom. The average molecular weight is 293 g/mol. The molecule has 1 N–H and O–H groups in total. The van der Waals surface area contributed by atoms with Crippen LogP contribution in [0.1, 0.15) is 36.9 Å². The van der Waals surface area contributed by atoms with E-state index in [4.69, 9.17) is 11.6 Å². The number of nitrogens with zero attached hydrogens (tertiary/aromatic N) is 3. The highest BCUT2D eigenvalue weighted by Gasteiger charge is 2.14. The molecule has 20 heavy (non-hydrogen) atoms. The van der Waals surface area contributed by atoms with Crippen LogP contribution in [0.5, 0.6) is 0 Å². The second-order valence-corrected chi connectivity index (χ2v) is 5.37. The van der Waals surface area contributed by atoms with Crippen molar-refractivity contribution >= 4 is 11.6 Å². The minimum atomic E-state index is 0.255. The molecule has 0 aliphatic carbocycles. The molecule has 0 aliphatic heterocycles. The standard InChI is InChI=1S/C15H21ClN4/c1-3-7-18-15(13-6-8-17-10-14(13)16)5-4-12-9-19-20(2)11-12/h6,8-11,15,18H,3-5,7H2,1-2H3. The second-order valence-electron chi connectivity index (χ2n) is 4.96. The number of halogens is 1. The zero-order chi connectivity index (χ0) is 14.4. The molecule has 0 aliphatic rings. The van der Waals surface area contributed by atoms with E-state index in [9.17, 15) is 0 Å². The van der Waals surface area contributed by atoms with Crippen LogP contribution in [-0.4, -0.2) is 21.3 Å². The van der Waals surface area contributed by atoms with Crippen LogP contribution >= 0.6 is 11.6 Å². The first kappa shape index (κ1) is 15.0. The van der Waals surface area contributed by atoms with Crippen LogP contribution in [-0.2, 0) is 13.5 Å². The molecule has 0 saturated carbocycles. The zero-order valence-corrected chi connectivity index (χ0v) is 12.8. The van der Waals surface area contributed by atoms with E-state index in [1.165, 1.54) is 5.56 Å². The summed E-state index contributed by atoms with van der Waals surface area (Å²) in [7, 11) is 1.94. The van der Waals surface area contributed by atoms with E-state index in [1.54, 1.807) is 12.4 Å². The van der Waals surface area contributed by atoms with Gasteiger partial charge in [0.05, 0.1) is 11.2 Å². The summed E-state index contributed by atoms with van der Waals surface area (Å²) in [6.07, 6.45) is 10.6. The fourth-order valence-electron chi connectivity index (χ4n) is 2.27. The lowest BCUT2D eigenvalue weighted by Crippen LogP contribution is -2.23. The molecule has 5 heteroatoms. The van der Waals surface area contributed by atoms with Gasteiger partial charge in [0.2, 0.25) is 0 Å². The minimum absolute atomic E-state index is 0.255. The summed E-state index contributed by atoms with van der Waals surface area (Å²) in [4.78, 5) is 4.06. The Kier molecular flexibility index (Phi) is 5.56. The van der Waals surface area contributed by atoms with Gasteiger partial charge in [0.15, 0.2) is 0 Å². The molecule has 1 atom stereocenters. The smallest absolute Gasteiger partial charge is 0.0637 e. The molecule has 0 amide bonds. The van der Waals surface area contributed by atoms with Gasteiger partial charge in [-0.2, -0.15) is 5.10 Å². The third kappa shape index (κ3) is 4.05. The zero-order valence-electron chi connectivity index (χ0n) is 12.0. The van der Waals surface area contributed by atoms with Crippen molar-refractivity contribution in [3.8, 4) is 0 Å². The number of nitrogens with one attached hydrogen (secondary N) is 1. The molecular weight excluding hydrogens is 272 g/mol. The van der Waals surface area contributed by atoms with E-state index in [0.717, 1.165) is 36.4 Å². The van der Waals surface area contributed by atoms with Gasteiger partial charge in [0, 0.05) is 31.7 Å². The maximum absolute atomic E-state index is 6.26. The predicted octanol–water partition coefficient (Wildman–Crippen LogP) is 3.14. The fourth-order valence-corrected chi connectivity index (χ4v) is 2.52. The van der Waals surface area contributed by atoms with Crippen molar-refractivity contribution in [2.45, 2.75) is 32.2 Å². The molecule has 2 aromatic rings. The van der Waals surface area contributed by atoms with Crippen molar-refractivity contribution in [1.82, 2.24) is 20.1 Å². The van der Waals surface area contributed by atoms with Gasteiger partial charge in [-0.05, 0) is 43.0 Å². The van der Waals surface area contributed by atoms with Crippen molar-refractivity contribution in [3.05, 3.63) is 47.0 Å². The number of pyridine rings is 1. The molecule has 0 aromatic carbocycles. The molecule has 0 radical (unpaired) electrons. The first-order chi connectivity index (χ1) is 9.70. The van der Waals surface area contributed by atoms with E-state index in [2.05, 4.69) is 28.5 Å². The third-order valence-corrected chi connectivity index (χ3v) is 3.62. The van der Waals surface area contributed by atoms with Crippen LogP contribution in [0.2, 0.25) is 5.02 Å². The molecule has 0 saturated heterocycles. The number of aromatic nitrogens is 3. The van der Waals surface area contributed by atoms with Crippen LogP contribution in [0.4, 0.5) is 0 Å².